The molecule has 2 aromatic rings. The molecular formula is C12H15N3O3. The molecule has 0 spiro atoms. The van der Waals surface area contributed by atoms with Gasteiger partial charge in [0.25, 0.3) is 0 Å². The van der Waals surface area contributed by atoms with Crippen LogP contribution in [0.2, 0.25) is 0 Å². The maximum atomic E-state index is 11.1. The standard InChI is InChI=1S/C12H15N3O3/c1-7-4-9-11(13-5-7)15(8(2)12(16)17)10(14-9)6-18-3/h4-5,8H,6H2,1-3H3,(H,16,17). The van der Waals surface area contributed by atoms with Crippen LogP contribution in [0.5, 0.6) is 0 Å². The number of hydrogen-bond acceptors (Lipinski definition) is 4. The summed E-state index contributed by atoms with van der Waals surface area (Å²) in [4.78, 5) is 19.8. The summed E-state index contributed by atoms with van der Waals surface area (Å²) in [6, 6.07) is 1.15. The van der Waals surface area contributed by atoms with E-state index in [4.69, 9.17) is 9.84 Å². The Morgan fingerprint density at radius 2 is 2.33 bits per heavy atom. The van der Waals surface area contributed by atoms with E-state index in [0.717, 1.165) is 5.56 Å². The molecule has 6 nitrogen and oxygen atoms in total. The molecule has 0 aliphatic carbocycles. The second-order valence-corrected chi connectivity index (χ2v) is 4.20. The number of carboxylic acid groups (broad SMARTS) is 1. The molecule has 0 amide bonds. The number of methoxy groups -OCH3 is 1. The number of carbonyl (C=O) groups is 1. The number of aryl methyl sites for hydroxylation is 1. The van der Waals surface area contributed by atoms with Gasteiger partial charge in [0.1, 0.15) is 24.0 Å². The average Bonchev–Trinajstić information content (AvgIpc) is 2.65. The number of carboxylic acids is 1. The van der Waals surface area contributed by atoms with E-state index in [1.807, 2.05) is 13.0 Å². The topological polar surface area (TPSA) is 77.2 Å². The van der Waals surface area contributed by atoms with Crippen molar-refractivity contribution in [2.45, 2.75) is 26.5 Å². The minimum atomic E-state index is -0.922. The summed E-state index contributed by atoms with van der Waals surface area (Å²) in [7, 11) is 1.55. The van der Waals surface area contributed by atoms with Gasteiger partial charge in [-0.1, -0.05) is 0 Å². The number of hydrogen-bond donors (Lipinski definition) is 1. The summed E-state index contributed by atoms with van der Waals surface area (Å²) in [5.74, 6) is -0.352. The lowest BCUT2D eigenvalue weighted by Gasteiger charge is -2.12. The van der Waals surface area contributed by atoms with Crippen LogP contribution >= 0.6 is 0 Å². The predicted octanol–water partition coefficient (Wildman–Crippen LogP) is 1.53. The van der Waals surface area contributed by atoms with Crippen molar-refractivity contribution in [2.24, 2.45) is 0 Å². The lowest BCUT2D eigenvalue weighted by atomic mass is 10.3. The Morgan fingerprint density at radius 1 is 1.61 bits per heavy atom. The first-order chi connectivity index (χ1) is 8.54. The molecule has 0 radical (unpaired) electrons. The van der Waals surface area contributed by atoms with E-state index in [9.17, 15) is 4.79 Å². The van der Waals surface area contributed by atoms with Gasteiger partial charge in [-0.3, -0.25) is 4.57 Å². The van der Waals surface area contributed by atoms with Crippen LogP contribution in [-0.2, 0) is 16.1 Å². The van der Waals surface area contributed by atoms with Gasteiger partial charge in [-0.25, -0.2) is 14.8 Å². The van der Waals surface area contributed by atoms with E-state index in [0.29, 0.717) is 17.0 Å². The third-order valence-electron chi connectivity index (χ3n) is 2.76. The number of fused-ring (bicyclic) bond motifs is 1. The average molecular weight is 249 g/mol. The van der Waals surface area contributed by atoms with Crippen LogP contribution in [0.3, 0.4) is 0 Å². The Kier molecular flexibility index (Phi) is 3.29. The zero-order valence-electron chi connectivity index (χ0n) is 10.5. The number of imidazole rings is 1. The van der Waals surface area contributed by atoms with Crippen LogP contribution in [0.4, 0.5) is 0 Å². The van der Waals surface area contributed by atoms with E-state index in [2.05, 4.69) is 9.97 Å². The number of nitrogens with zero attached hydrogens (tertiary/aromatic N) is 3. The first-order valence-corrected chi connectivity index (χ1v) is 5.59. The Morgan fingerprint density at radius 3 is 2.94 bits per heavy atom. The second-order valence-electron chi connectivity index (χ2n) is 4.20. The van der Waals surface area contributed by atoms with Gasteiger partial charge >= 0.3 is 5.97 Å². The summed E-state index contributed by atoms with van der Waals surface area (Å²) >= 11 is 0. The summed E-state index contributed by atoms with van der Waals surface area (Å²) in [5, 5.41) is 9.14. The van der Waals surface area contributed by atoms with Gasteiger partial charge in [0.2, 0.25) is 0 Å². The third-order valence-corrected chi connectivity index (χ3v) is 2.76. The highest BCUT2D eigenvalue weighted by molar-refractivity contribution is 5.77. The first-order valence-electron chi connectivity index (χ1n) is 5.59. The van der Waals surface area contributed by atoms with Crippen molar-refractivity contribution in [1.29, 1.82) is 0 Å². The normalized spacial score (nSPS) is 12.8. The van der Waals surface area contributed by atoms with Gasteiger partial charge < -0.3 is 9.84 Å². The number of pyridine rings is 1. The molecule has 0 saturated heterocycles. The number of rotatable bonds is 4. The molecule has 2 heterocycles. The summed E-state index contributed by atoms with van der Waals surface area (Å²) < 4.78 is 6.65. The molecule has 2 rings (SSSR count). The van der Waals surface area contributed by atoms with Crippen molar-refractivity contribution in [3.8, 4) is 0 Å². The maximum Gasteiger partial charge on any atom is 0.326 e. The maximum absolute atomic E-state index is 11.1. The van der Waals surface area contributed by atoms with Gasteiger partial charge in [-0.05, 0) is 25.5 Å². The lowest BCUT2D eigenvalue weighted by Crippen LogP contribution is -2.18. The molecule has 0 bridgehead atoms. The zero-order valence-corrected chi connectivity index (χ0v) is 10.5. The van der Waals surface area contributed by atoms with Crippen molar-refractivity contribution < 1.29 is 14.6 Å². The van der Waals surface area contributed by atoms with Gasteiger partial charge in [-0.15, -0.1) is 0 Å². The molecule has 6 heteroatoms. The van der Waals surface area contributed by atoms with Crippen LogP contribution in [0, 0.1) is 6.92 Å². The fraction of sp³-hybridized carbons (Fsp3) is 0.417. The summed E-state index contributed by atoms with van der Waals surface area (Å²) in [6.45, 7) is 3.78. The van der Waals surface area contributed by atoms with Gasteiger partial charge in [0.15, 0.2) is 5.65 Å². The SMILES string of the molecule is COCc1nc2cc(C)cnc2n1C(C)C(=O)O. The van der Waals surface area contributed by atoms with Crippen LogP contribution in [-0.4, -0.2) is 32.7 Å². The monoisotopic (exact) mass is 249 g/mol. The molecule has 0 saturated carbocycles. The number of ether oxygens (including phenoxy) is 1. The van der Waals surface area contributed by atoms with Crippen LogP contribution < -0.4 is 0 Å². The summed E-state index contributed by atoms with van der Waals surface area (Å²) in [6.07, 6.45) is 1.70. The van der Waals surface area contributed by atoms with E-state index in [1.54, 1.807) is 24.8 Å². The van der Waals surface area contributed by atoms with Crippen molar-refractivity contribution in [3.63, 3.8) is 0 Å². The minimum absolute atomic E-state index is 0.257. The van der Waals surface area contributed by atoms with Crippen molar-refractivity contribution in [1.82, 2.24) is 14.5 Å². The molecule has 1 atom stereocenters. The molecule has 1 N–H and O–H groups in total. The lowest BCUT2D eigenvalue weighted by molar-refractivity contribution is -0.140. The smallest absolute Gasteiger partial charge is 0.326 e. The second kappa shape index (κ2) is 4.73. The number of aliphatic carboxylic acids is 1. The van der Waals surface area contributed by atoms with E-state index < -0.39 is 12.0 Å². The molecule has 18 heavy (non-hydrogen) atoms. The molecule has 2 aromatic heterocycles. The largest absolute Gasteiger partial charge is 0.480 e. The molecule has 0 aromatic carbocycles. The van der Waals surface area contributed by atoms with E-state index in [1.165, 1.54) is 0 Å². The fourth-order valence-electron chi connectivity index (χ4n) is 1.88. The molecule has 0 aliphatic rings. The Labute approximate surface area is 104 Å². The van der Waals surface area contributed by atoms with Gasteiger partial charge in [-0.2, -0.15) is 0 Å². The zero-order chi connectivity index (χ0) is 13.3. The van der Waals surface area contributed by atoms with Gasteiger partial charge in [0.05, 0.1) is 0 Å². The molecule has 0 fully saturated rings. The number of aromatic nitrogens is 3. The first kappa shape index (κ1) is 12.5. The van der Waals surface area contributed by atoms with Crippen molar-refractivity contribution >= 4 is 17.1 Å². The summed E-state index contributed by atoms with van der Waals surface area (Å²) in [5.41, 5.74) is 2.25. The third kappa shape index (κ3) is 2.06. The van der Waals surface area contributed by atoms with Crippen LogP contribution in [0.15, 0.2) is 12.3 Å². The molecular weight excluding hydrogens is 234 g/mol. The molecule has 1 unspecified atom stereocenters. The minimum Gasteiger partial charge on any atom is -0.480 e. The predicted molar refractivity (Wildman–Crippen MR) is 65.3 cm³/mol. The highest BCUT2D eigenvalue weighted by atomic mass is 16.5. The van der Waals surface area contributed by atoms with E-state index in [-0.39, 0.29) is 6.61 Å². The Hall–Kier alpha value is -1.95. The van der Waals surface area contributed by atoms with Crippen molar-refractivity contribution in [3.05, 3.63) is 23.7 Å². The van der Waals surface area contributed by atoms with E-state index >= 15 is 0 Å². The van der Waals surface area contributed by atoms with Gasteiger partial charge in [0, 0.05) is 13.3 Å². The van der Waals surface area contributed by atoms with Crippen molar-refractivity contribution in [2.75, 3.05) is 7.11 Å². The van der Waals surface area contributed by atoms with Crippen LogP contribution in [0.25, 0.3) is 11.2 Å². The molecule has 0 aliphatic heterocycles. The Balaban J connectivity index is 2.66. The molecule has 96 valence electrons. The Bertz CT molecular complexity index is 592. The highest BCUT2D eigenvalue weighted by Gasteiger charge is 2.21. The van der Waals surface area contributed by atoms with Crippen LogP contribution in [0.1, 0.15) is 24.4 Å². The highest BCUT2D eigenvalue weighted by Crippen LogP contribution is 2.21. The fourth-order valence-corrected chi connectivity index (χ4v) is 1.88. The quantitative estimate of drug-likeness (QED) is 0.889.